The molecule has 0 amide bonds. The highest BCUT2D eigenvalue weighted by atomic mass is 79.9. The molecule has 16 heavy (non-hydrogen) atoms. The van der Waals surface area contributed by atoms with Gasteiger partial charge in [0.25, 0.3) is 0 Å². The van der Waals surface area contributed by atoms with Crippen molar-refractivity contribution in [3.63, 3.8) is 0 Å². The molecule has 1 aromatic heterocycles. The topological polar surface area (TPSA) is 30.7 Å². The second-order valence-electron chi connectivity index (χ2n) is 3.92. The SMILES string of the molecule is Brc1ccc(-c2nncn2C2CC2)c(Br)c1. The summed E-state index contributed by atoms with van der Waals surface area (Å²) in [6.45, 7) is 0. The molecule has 0 atom stereocenters. The molecule has 1 saturated carbocycles. The molecule has 1 heterocycles. The molecule has 0 aliphatic heterocycles. The largest absolute Gasteiger partial charge is 0.310 e. The second kappa shape index (κ2) is 3.96. The van der Waals surface area contributed by atoms with E-state index in [0.29, 0.717) is 6.04 Å². The third-order valence-electron chi connectivity index (χ3n) is 2.69. The Hall–Kier alpha value is -0.680. The van der Waals surface area contributed by atoms with Crippen molar-refractivity contribution in [2.24, 2.45) is 0 Å². The molecule has 0 N–H and O–H groups in total. The van der Waals surface area contributed by atoms with Crippen LogP contribution in [0.2, 0.25) is 0 Å². The summed E-state index contributed by atoms with van der Waals surface area (Å²) in [6, 6.07) is 6.70. The first kappa shape index (κ1) is 10.5. The maximum atomic E-state index is 4.21. The summed E-state index contributed by atoms with van der Waals surface area (Å²) in [5, 5.41) is 8.21. The van der Waals surface area contributed by atoms with Crippen molar-refractivity contribution in [3.05, 3.63) is 33.5 Å². The van der Waals surface area contributed by atoms with Crippen LogP contribution in [0.15, 0.2) is 33.5 Å². The van der Waals surface area contributed by atoms with Gasteiger partial charge in [-0.1, -0.05) is 15.9 Å². The summed E-state index contributed by atoms with van der Waals surface area (Å²) in [7, 11) is 0. The lowest BCUT2D eigenvalue weighted by Crippen LogP contribution is -1.96. The molecular formula is C11H9Br2N3. The average molecular weight is 343 g/mol. The van der Waals surface area contributed by atoms with Gasteiger partial charge in [0.05, 0.1) is 0 Å². The van der Waals surface area contributed by atoms with Crippen molar-refractivity contribution in [1.29, 1.82) is 0 Å². The molecule has 82 valence electrons. The summed E-state index contributed by atoms with van der Waals surface area (Å²) in [5.41, 5.74) is 1.09. The van der Waals surface area contributed by atoms with Gasteiger partial charge in [0.1, 0.15) is 6.33 Å². The Kier molecular flexibility index (Phi) is 2.59. The van der Waals surface area contributed by atoms with Crippen molar-refractivity contribution >= 4 is 31.9 Å². The first-order chi connectivity index (χ1) is 7.75. The molecule has 0 unspecified atom stereocenters. The van der Waals surface area contributed by atoms with Crippen LogP contribution in [0.5, 0.6) is 0 Å². The molecule has 0 saturated heterocycles. The van der Waals surface area contributed by atoms with Gasteiger partial charge in [0, 0.05) is 20.6 Å². The molecule has 1 aliphatic rings. The molecular weight excluding hydrogens is 334 g/mol. The van der Waals surface area contributed by atoms with Crippen molar-refractivity contribution < 1.29 is 0 Å². The molecule has 0 radical (unpaired) electrons. The highest BCUT2D eigenvalue weighted by Gasteiger charge is 2.27. The number of halogens is 2. The molecule has 3 nitrogen and oxygen atoms in total. The molecule has 1 fully saturated rings. The monoisotopic (exact) mass is 341 g/mol. The lowest BCUT2D eigenvalue weighted by atomic mass is 10.2. The van der Waals surface area contributed by atoms with E-state index in [1.165, 1.54) is 12.8 Å². The predicted molar refractivity (Wildman–Crippen MR) is 69.1 cm³/mol. The van der Waals surface area contributed by atoms with E-state index in [1.54, 1.807) is 0 Å². The summed E-state index contributed by atoms with van der Waals surface area (Å²) in [4.78, 5) is 0. The normalized spacial score (nSPS) is 15.4. The van der Waals surface area contributed by atoms with Crippen LogP contribution in [0.3, 0.4) is 0 Å². The predicted octanol–water partition coefficient (Wildman–Crippen LogP) is 3.81. The van der Waals surface area contributed by atoms with E-state index in [0.717, 1.165) is 20.3 Å². The van der Waals surface area contributed by atoms with Crippen LogP contribution in [-0.4, -0.2) is 14.8 Å². The fourth-order valence-corrected chi connectivity index (χ4v) is 2.95. The number of nitrogens with zero attached hydrogens (tertiary/aromatic N) is 3. The van der Waals surface area contributed by atoms with Gasteiger partial charge in [-0.05, 0) is 47.0 Å². The molecule has 5 heteroatoms. The number of benzene rings is 1. The number of hydrogen-bond donors (Lipinski definition) is 0. The highest BCUT2D eigenvalue weighted by Crippen LogP contribution is 2.39. The van der Waals surface area contributed by atoms with Crippen LogP contribution < -0.4 is 0 Å². The van der Waals surface area contributed by atoms with Gasteiger partial charge < -0.3 is 4.57 Å². The maximum Gasteiger partial charge on any atom is 0.165 e. The zero-order valence-electron chi connectivity index (χ0n) is 8.40. The Labute approximate surface area is 110 Å². The van der Waals surface area contributed by atoms with Crippen molar-refractivity contribution in [2.75, 3.05) is 0 Å². The Morgan fingerprint density at radius 3 is 2.75 bits per heavy atom. The van der Waals surface area contributed by atoms with Crippen LogP contribution in [0.4, 0.5) is 0 Å². The van der Waals surface area contributed by atoms with E-state index >= 15 is 0 Å². The second-order valence-corrected chi connectivity index (χ2v) is 5.69. The molecule has 0 bridgehead atoms. The molecule has 3 rings (SSSR count). The first-order valence-corrected chi connectivity index (χ1v) is 6.69. The van der Waals surface area contributed by atoms with Gasteiger partial charge in [0.2, 0.25) is 0 Å². The van der Waals surface area contributed by atoms with Crippen molar-refractivity contribution in [3.8, 4) is 11.4 Å². The summed E-state index contributed by atoms with van der Waals surface area (Å²) in [5.74, 6) is 0.946. The lowest BCUT2D eigenvalue weighted by molar-refractivity contribution is 0.746. The minimum absolute atomic E-state index is 0.598. The van der Waals surface area contributed by atoms with E-state index in [4.69, 9.17) is 0 Å². The summed E-state index contributed by atoms with van der Waals surface area (Å²) < 4.78 is 4.26. The van der Waals surface area contributed by atoms with Crippen LogP contribution >= 0.6 is 31.9 Å². The maximum absolute atomic E-state index is 4.21. The van der Waals surface area contributed by atoms with E-state index in [2.05, 4.69) is 52.7 Å². The highest BCUT2D eigenvalue weighted by molar-refractivity contribution is 9.11. The summed E-state index contributed by atoms with van der Waals surface area (Å²) in [6.07, 6.45) is 4.29. The third kappa shape index (κ3) is 1.82. The van der Waals surface area contributed by atoms with Gasteiger partial charge in [-0.15, -0.1) is 10.2 Å². The standard InChI is InChI=1S/C11H9Br2N3/c12-7-1-4-9(10(13)5-7)11-15-14-6-16(11)8-2-3-8/h1,4-6,8H,2-3H2. The van der Waals surface area contributed by atoms with Crippen LogP contribution in [0.25, 0.3) is 11.4 Å². The number of rotatable bonds is 2. The molecule has 2 aromatic rings. The first-order valence-electron chi connectivity index (χ1n) is 5.10. The zero-order valence-corrected chi connectivity index (χ0v) is 11.6. The van der Waals surface area contributed by atoms with E-state index in [1.807, 2.05) is 18.5 Å². The van der Waals surface area contributed by atoms with Gasteiger partial charge in [-0.3, -0.25) is 0 Å². The molecule has 1 aliphatic carbocycles. The van der Waals surface area contributed by atoms with Crippen LogP contribution in [-0.2, 0) is 0 Å². The van der Waals surface area contributed by atoms with E-state index in [-0.39, 0.29) is 0 Å². The van der Waals surface area contributed by atoms with Crippen LogP contribution in [0.1, 0.15) is 18.9 Å². The van der Waals surface area contributed by atoms with Gasteiger partial charge in [-0.2, -0.15) is 0 Å². The van der Waals surface area contributed by atoms with Crippen LogP contribution in [0, 0.1) is 0 Å². The van der Waals surface area contributed by atoms with Crippen molar-refractivity contribution in [1.82, 2.24) is 14.8 Å². The Morgan fingerprint density at radius 1 is 1.25 bits per heavy atom. The van der Waals surface area contributed by atoms with E-state index < -0.39 is 0 Å². The smallest absolute Gasteiger partial charge is 0.165 e. The minimum Gasteiger partial charge on any atom is -0.310 e. The average Bonchev–Trinajstić information content (AvgIpc) is 2.98. The lowest BCUT2D eigenvalue weighted by Gasteiger charge is -2.06. The molecule has 1 aromatic carbocycles. The van der Waals surface area contributed by atoms with Gasteiger partial charge in [-0.25, -0.2) is 0 Å². The number of hydrogen-bond acceptors (Lipinski definition) is 2. The van der Waals surface area contributed by atoms with E-state index in [9.17, 15) is 0 Å². The third-order valence-corrected chi connectivity index (χ3v) is 3.83. The van der Waals surface area contributed by atoms with Gasteiger partial charge in [0.15, 0.2) is 5.82 Å². The molecule has 0 spiro atoms. The fourth-order valence-electron chi connectivity index (χ4n) is 1.73. The van der Waals surface area contributed by atoms with Crippen molar-refractivity contribution in [2.45, 2.75) is 18.9 Å². The fraction of sp³-hybridized carbons (Fsp3) is 0.273. The zero-order chi connectivity index (χ0) is 11.1. The Bertz CT molecular complexity index is 532. The number of aromatic nitrogens is 3. The summed E-state index contributed by atoms with van der Waals surface area (Å²) >= 11 is 7.01. The van der Waals surface area contributed by atoms with Gasteiger partial charge >= 0.3 is 0 Å². The minimum atomic E-state index is 0.598. The Balaban J connectivity index is 2.10. The quantitative estimate of drug-likeness (QED) is 0.830. The Morgan fingerprint density at radius 2 is 2.06 bits per heavy atom.